The van der Waals surface area contributed by atoms with E-state index < -0.39 is 0 Å². The van der Waals surface area contributed by atoms with E-state index in [2.05, 4.69) is 39.0 Å². The number of ether oxygens (including phenoxy) is 1. The Labute approximate surface area is 176 Å². The van der Waals surface area contributed by atoms with Crippen molar-refractivity contribution < 1.29 is 9.53 Å². The first-order chi connectivity index (χ1) is 13.9. The standard InChI is InChI=1S/C21H29N5O2S/c1-13-11-26(12-14(2)28-13)19-8-6-17(10-22-19)25-20(27)9-7-18-15(3)23-21(29-5)24-16(18)4/h6,8,10,13-14H,7,9,11-12H2,1-5H3,(H,25,27)/t13-,14-/m1/s1. The van der Waals surface area contributed by atoms with Crippen LogP contribution in [0.3, 0.4) is 0 Å². The van der Waals surface area contributed by atoms with Crippen molar-refractivity contribution in [3.8, 4) is 0 Å². The van der Waals surface area contributed by atoms with E-state index in [0.717, 1.165) is 41.0 Å². The lowest BCUT2D eigenvalue weighted by Gasteiger charge is -2.36. The third kappa shape index (κ3) is 5.67. The highest BCUT2D eigenvalue weighted by Crippen LogP contribution is 2.20. The van der Waals surface area contributed by atoms with Gasteiger partial charge < -0.3 is 15.0 Å². The molecule has 3 heterocycles. The first kappa shape index (κ1) is 21.5. The smallest absolute Gasteiger partial charge is 0.224 e. The Hall–Kier alpha value is -2.19. The lowest BCUT2D eigenvalue weighted by atomic mass is 10.1. The van der Waals surface area contributed by atoms with Crippen molar-refractivity contribution in [2.45, 2.75) is 57.9 Å². The number of thioether (sulfide) groups is 1. The number of aromatic nitrogens is 3. The summed E-state index contributed by atoms with van der Waals surface area (Å²) in [5.74, 6) is 0.864. The van der Waals surface area contributed by atoms with Gasteiger partial charge in [-0.15, -0.1) is 0 Å². The van der Waals surface area contributed by atoms with Crippen LogP contribution in [0.15, 0.2) is 23.5 Å². The molecule has 0 aromatic carbocycles. The lowest BCUT2D eigenvalue weighted by molar-refractivity contribution is -0.116. The van der Waals surface area contributed by atoms with Gasteiger partial charge in [0.05, 0.1) is 24.1 Å². The van der Waals surface area contributed by atoms with Crippen LogP contribution in [0.1, 0.15) is 37.2 Å². The Balaban J connectivity index is 1.56. The van der Waals surface area contributed by atoms with E-state index in [1.807, 2.05) is 32.2 Å². The normalized spacial score (nSPS) is 19.3. The Morgan fingerprint density at radius 2 is 1.86 bits per heavy atom. The van der Waals surface area contributed by atoms with Crippen LogP contribution in [0.2, 0.25) is 0 Å². The Morgan fingerprint density at radius 1 is 1.21 bits per heavy atom. The maximum atomic E-state index is 12.4. The second-order valence-corrected chi connectivity index (χ2v) is 8.25. The predicted molar refractivity (Wildman–Crippen MR) is 117 cm³/mol. The SMILES string of the molecule is CSc1nc(C)c(CCC(=O)Nc2ccc(N3C[C@@H](C)O[C@H](C)C3)nc2)c(C)n1. The highest BCUT2D eigenvalue weighted by atomic mass is 32.2. The minimum absolute atomic E-state index is 0.0408. The van der Waals surface area contributed by atoms with Crippen molar-refractivity contribution in [3.63, 3.8) is 0 Å². The number of nitrogens with zero attached hydrogens (tertiary/aromatic N) is 4. The lowest BCUT2D eigenvalue weighted by Crippen LogP contribution is -2.45. The maximum absolute atomic E-state index is 12.4. The Bertz CT molecular complexity index is 826. The van der Waals surface area contributed by atoms with Crippen LogP contribution in [-0.2, 0) is 16.0 Å². The zero-order valence-electron chi connectivity index (χ0n) is 17.7. The summed E-state index contributed by atoms with van der Waals surface area (Å²) >= 11 is 1.52. The molecule has 8 heteroatoms. The zero-order chi connectivity index (χ0) is 21.0. The molecule has 0 radical (unpaired) electrons. The van der Waals surface area contributed by atoms with Crippen molar-refractivity contribution in [2.24, 2.45) is 0 Å². The molecule has 2 atom stereocenters. The van der Waals surface area contributed by atoms with Crippen LogP contribution >= 0.6 is 11.8 Å². The Kier molecular flexibility index (Phi) is 7.08. The molecule has 2 aromatic heterocycles. The molecular formula is C21H29N5O2S. The molecule has 0 bridgehead atoms. The van der Waals surface area contributed by atoms with E-state index in [1.165, 1.54) is 11.8 Å². The molecule has 1 aliphatic heterocycles. The number of aryl methyl sites for hydroxylation is 2. The van der Waals surface area contributed by atoms with Crippen LogP contribution in [0, 0.1) is 13.8 Å². The molecule has 1 amide bonds. The van der Waals surface area contributed by atoms with Crippen molar-refractivity contribution >= 4 is 29.2 Å². The van der Waals surface area contributed by atoms with E-state index in [0.29, 0.717) is 18.5 Å². The van der Waals surface area contributed by atoms with Gasteiger partial charge in [-0.25, -0.2) is 15.0 Å². The fraction of sp³-hybridized carbons (Fsp3) is 0.524. The minimum Gasteiger partial charge on any atom is -0.372 e. The number of rotatable bonds is 6. The number of hydrogen-bond donors (Lipinski definition) is 1. The first-order valence-corrected chi connectivity index (χ1v) is 11.1. The van der Waals surface area contributed by atoms with Gasteiger partial charge in [-0.05, 0) is 58.1 Å². The van der Waals surface area contributed by atoms with Crippen LogP contribution in [-0.4, -0.2) is 52.4 Å². The summed E-state index contributed by atoms with van der Waals surface area (Å²) in [4.78, 5) is 28.1. The summed E-state index contributed by atoms with van der Waals surface area (Å²) < 4.78 is 5.77. The minimum atomic E-state index is -0.0408. The molecule has 0 aliphatic carbocycles. The van der Waals surface area contributed by atoms with Gasteiger partial charge in [0.2, 0.25) is 5.91 Å². The average Bonchev–Trinajstić information content (AvgIpc) is 2.67. The molecule has 0 spiro atoms. The summed E-state index contributed by atoms with van der Waals surface area (Å²) in [6.45, 7) is 9.72. The first-order valence-electron chi connectivity index (χ1n) is 9.90. The van der Waals surface area contributed by atoms with Crippen molar-refractivity contribution in [3.05, 3.63) is 35.3 Å². The number of amides is 1. The predicted octanol–water partition coefficient (Wildman–Crippen LogP) is 3.40. The van der Waals surface area contributed by atoms with Gasteiger partial charge in [0.1, 0.15) is 5.82 Å². The highest BCUT2D eigenvalue weighted by molar-refractivity contribution is 7.98. The van der Waals surface area contributed by atoms with Gasteiger partial charge in [-0.1, -0.05) is 11.8 Å². The molecule has 29 heavy (non-hydrogen) atoms. The fourth-order valence-corrected chi connectivity index (χ4v) is 4.09. The molecular weight excluding hydrogens is 386 g/mol. The van der Waals surface area contributed by atoms with Gasteiger partial charge in [0.25, 0.3) is 0 Å². The number of carbonyl (C=O) groups excluding carboxylic acids is 1. The number of anilines is 2. The topological polar surface area (TPSA) is 80.2 Å². The quantitative estimate of drug-likeness (QED) is 0.572. The second kappa shape index (κ2) is 9.54. The van der Waals surface area contributed by atoms with E-state index in [9.17, 15) is 4.79 Å². The second-order valence-electron chi connectivity index (χ2n) is 7.48. The van der Waals surface area contributed by atoms with Crippen LogP contribution in [0.25, 0.3) is 0 Å². The highest BCUT2D eigenvalue weighted by Gasteiger charge is 2.23. The summed E-state index contributed by atoms with van der Waals surface area (Å²) in [7, 11) is 0. The molecule has 1 saturated heterocycles. The van der Waals surface area contributed by atoms with Gasteiger partial charge in [-0.3, -0.25) is 4.79 Å². The van der Waals surface area contributed by atoms with Gasteiger partial charge in [-0.2, -0.15) is 0 Å². The number of nitrogens with one attached hydrogen (secondary N) is 1. The van der Waals surface area contributed by atoms with Gasteiger partial charge >= 0.3 is 0 Å². The number of hydrogen-bond acceptors (Lipinski definition) is 7. The largest absolute Gasteiger partial charge is 0.372 e. The van der Waals surface area contributed by atoms with Crippen LogP contribution in [0.4, 0.5) is 11.5 Å². The van der Waals surface area contributed by atoms with Crippen molar-refractivity contribution in [1.82, 2.24) is 15.0 Å². The molecule has 7 nitrogen and oxygen atoms in total. The average molecular weight is 416 g/mol. The molecule has 1 fully saturated rings. The van der Waals surface area contributed by atoms with Gasteiger partial charge in [0, 0.05) is 30.9 Å². The van der Waals surface area contributed by atoms with Gasteiger partial charge in [0.15, 0.2) is 5.16 Å². The summed E-state index contributed by atoms with van der Waals surface area (Å²) in [5.41, 5.74) is 3.63. The zero-order valence-corrected chi connectivity index (χ0v) is 18.5. The summed E-state index contributed by atoms with van der Waals surface area (Å²) in [5, 5.41) is 3.70. The fourth-order valence-electron chi connectivity index (χ4n) is 3.64. The van der Waals surface area contributed by atoms with E-state index in [1.54, 1.807) is 6.20 Å². The molecule has 156 valence electrons. The monoisotopic (exact) mass is 415 g/mol. The molecule has 0 unspecified atom stereocenters. The Morgan fingerprint density at radius 3 is 2.41 bits per heavy atom. The van der Waals surface area contributed by atoms with Crippen LogP contribution in [0.5, 0.6) is 0 Å². The molecule has 0 saturated carbocycles. The number of carbonyl (C=O) groups is 1. The number of pyridine rings is 1. The maximum Gasteiger partial charge on any atom is 0.224 e. The van der Waals surface area contributed by atoms with Crippen molar-refractivity contribution in [2.75, 3.05) is 29.6 Å². The summed E-state index contributed by atoms with van der Waals surface area (Å²) in [6.07, 6.45) is 5.03. The molecule has 1 N–H and O–H groups in total. The van der Waals surface area contributed by atoms with E-state index in [4.69, 9.17) is 4.74 Å². The molecule has 3 rings (SSSR count). The van der Waals surface area contributed by atoms with E-state index in [-0.39, 0.29) is 18.1 Å². The molecule has 2 aromatic rings. The van der Waals surface area contributed by atoms with Crippen LogP contribution < -0.4 is 10.2 Å². The third-order valence-electron chi connectivity index (χ3n) is 4.96. The third-order valence-corrected chi connectivity index (χ3v) is 5.51. The molecule has 1 aliphatic rings. The van der Waals surface area contributed by atoms with Crippen molar-refractivity contribution in [1.29, 1.82) is 0 Å². The summed E-state index contributed by atoms with van der Waals surface area (Å²) in [6, 6.07) is 3.85. The number of morpholine rings is 1. The van der Waals surface area contributed by atoms with E-state index >= 15 is 0 Å².